The van der Waals surface area contributed by atoms with Gasteiger partial charge in [-0.3, -0.25) is 0 Å². The second-order valence-corrected chi connectivity index (χ2v) is 5.36. The molecule has 17 heavy (non-hydrogen) atoms. The van der Waals surface area contributed by atoms with Gasteiger partial charge in [-0.15, -0.1) is 5.10 Å². The fraction of sp³-hybridized carbons (Fsp3) is 0.846. The third kappa shape index (κ3) is 2.86. The van der Waals surface area contributed by atoms with Crippen LogP contribution in [0.5, 0.6) is 0 Å². The first-order chi connectivity index (χ1) is 8.22. The van der Waals surface area contributed by atoms with E-state index in [-0.39, 0.29) is 6.10 Å². The van der Waals surface area contributed by atoms with E-state index >= 15 is 0 Å². The zero-order chi connectivity index (χ0) is 12.3. The normalized spacial score (nSPS) is 27.0. The Morgan fingerprint density at radius 1 is 1.53 bits per heavy atom. The summed E-state index contributed by atoms with van der Waals surface area (Å²) in [5.74, 6) is 1.12. The lowest BCUT2D eigenvalue weighted by atomic mass is 9.79. The topological polar surface area (TPSA) is 50.9 Å². The molecule has 1 saturated carbocycles. The van der Waals surface area contributed by atoms with E-state index < -0.39 is 0 Å². The van der Waals surface area contributed by atoms with Gasteiger partial charge in [0.2, 0.25) is 0 Å². The Labute approximate surface area is 103 Å². The second kappa shape index (κ2) is 5.63. The maximum atomic E-state index is 10.5. The van der Waals surface area contributed by atoms with Gasteiger partial charge in [-0.05, 0) is 31.1 Å². The van der Waals surface area contributed by atoms with Gasteiger partial charge in [0.1, 0.15) is 6.10 Å². The van der Waals surface area contributed by atoms with Crippen LogP contribution in [0, 0.1) is 11.8 Å². The van der Waals surface area contributed by atoms with Gasteiger partial charge < -0.3 is 5.11 Å². The van der Waals surface area contributed by atoms with Gasteiger partial charge in [-0.1, -0.05) is 31.9 Å². The van der Waals surface area contributed by atoms with Crippen LogP contribution in [0.4, 0.5) is 0 Å². The van der Waals surface area contributed by atoms with E-state index in [2.05, 4.69) is 24.2 Å². The molecule has 4 heteroatoms. The lowest BCUT2D eigenvalue weighted by molar-refractivity contribution is 0.0640. The lowest BCUT2D eigenvalue weighted by Gasteiger charge is -2.30. The van der Waals surface area contributed by atoms with Crippen LogP contribution in [-0.2, 0) is 6.54 Å². The molecule has 96 valence electrons. The molecule has 1 aliphatic carbocycles. The van der Waals surface area contributed by atoms with E-state index in [1.165, 1.54) is 12.8 Å². The highest BCUT2D eigenvalue weighted by Crippen LogP contribution is 2.36. The summed E-state index contributed by atoms with van der Waals surface area (Å²) < 4.78 is 1.85. The van der Waals surface area contributed by atoms with E-state index in [0.29, 0.717) is 5.92 Å². The van der Waals surface area contributed by atoms with Gasteiger partial charge in [-0.2, -0.15) is 0 Å². The van der Waals surface area contributed by atoms with Crippen LogP contribution in [-0.4, -0.2) is 20.1 Å². The zero-order valence-corrected chi connectivity index (χ0v) is 10.8. The summed E-state index contributed by atoms with van der Waals surface area (Å²) >= 11 is 0. The van der Waals surface area contributed by atoms with Crippen molar-refractivity contribution in [3.05, 3.63) is 11.9 Å². The molecule has 0 aromatic carbocycles. The Morgan fingerprint density at radius 3 is 3.06 bits per heavy atom. The van der Waals surface area contributed by atoms with Crippen molar-refractivity contribution < 1.29 is 5.11 Å². The molecule has 3 unspecified atom stereocenters. The standard InChI is InChI=1S/C13H23N3O/c1-3-7-16-12(9-14-15-16)13(17)11-6-4-5-10(2)8-11/h9-11,13,17H,3-8H2,1-2H3. The molecule has 1 N–H and O–H groups in total. The van der Waals surface area contributed by atoms with Crippen molar-refractivity contribution in [2.75, 3.05) is 0 Å². The molecule has 1 aliphatic rings. The maximum Gasteiger partial charge on any atom is 0.100 e. The highest BCUT2D eigenvalue weighted by Gasteiger charge is 2.28. The molecule has 2 rings (SSSR count). The average Bonchev–Trinajstić information content (AvgIpc) is 2.77. The largest absolute Gasteiger partial charge is 0.386 e. The highest BCUT2D eigenvalue weighted by atomic mass is 16.3. The number of aryl methyl sites for hydroxylation is 1. The van der Waals surface area contributed by atoms with Crippen molar-refractivity contribution in [1.29, 1.82) is 0 Å². The summed E-state index contributed by atoms with van der Waals surface area (Å²) in [6.07, 6.45) is 7.14. The van der Waals surface area contributed by atoms with E-state index in [1.54, 1.807) is 6.20 Å². The predicted octanol–water partition coefficient (Wildman–Crippen LogP) is 2.55. The van der Waals surface area contributed by atoms with Crippen molar-refractivity contribution in [2.24, 2.45) is 11.8 Å². The third-order valence-electron chi connectivity index (χ3n) is 3.81. The van der Waals surface area contributed by atoms with Crippen molar-refractivity contribution in [3.8, 4) is 0 Å². The van der Waals surface area contributed by atoms with Crippen molar-refractivity contribution in [3.63, 3.8) is 0 Å². The number of aliphatic hydroxyl groups excluding tert-OH is 1. The third-order valence-corrected chi connectivity index (χ3v) is 3.81. The summed E-state index contributed by atoms with van der Waals surface area (Å²) in [6.45, 7) is 5.23. The van der Waals surface area contributed by atoms with Crippen molar-refractivity contribution in [2.45, 2.75) is 58.6 Å². The molecular formula is C13H23N3O. The van der Waals surface area contributed by atoms with Crippen molar-refractivity contribution in [1.82, 2.24) is 15.0 Å². The van der Waals surface area contributed by atoms with Crippen LogP contribution in [0.1, 0.15) is 57.7 Å². The zero-order valence-electron chi connectivity index (χ0n) is 10.8. The first-order valence-corrected chi connectivity index (χ1v) is 6.78. The van der Waals surface area contributed by atoms with Crippen LogP contribution in [0.25, 0.3) is 0 Å². The highest BCUT2D eigenvalue weighted by molar-refractivity contribution is 5.01. The van der Waals surface area contributed by atoms with Gasteiger partial charge in [0, 0.05) is 6.54 Å². The minimum absolute atomic E-state index is 0.382. The Balaban J connectivity index is 2.07. The summed E-state index contributed by atoms with van der Waals surface area (Å²) in [7, 11) is 0. The van der Waals surface area contributed by atoms with Gasteiger partial charge in [0.25, 0.3) is 0 Å². The number of hydrogen-bond acceptors (Lipinski definition) is 3. The van der Waals surface area contributed by atoms with Gasteiger partial charge in [-0.25, -0.2) is 4.68 Å². The van der Waals surface area contributed by atoms with Crippen LogP contribution in [0.3, 0.4) is 0 Å². The fourth-order valence-electron chi connectivity index (χ4n) is 2.89. The summed E-state index contributed by atoms with van der Waals surface area (Å²) in [6, 6.07) is 0. The molecule has 0 radical (unpaired) electrons. The average molecular weight is 237 g/mol. The Bertz CT molecular complexity index is 350. The number of aliphatic hydroxyl groups is 1. The Kier molecular flexibility index (Phi) is 4.15. The van der Waals surface area contributed by atoms with E-state index in [1.807, 2.05) is 4.68 Å². The Morgan fingerprint density at radius 2 is 2.35 bits per heavy atom. The molecule has 0 aliphatic heterocycles. The van der Waals surface area contributed by atoms with Gasteiger partial charge in [0.15, 0.2) is 0 Å². The smallest absolute Gasteiger partial charge is 0.100 e. The first kappa shape index (κ1) is 12.6. The first-order valence-electron chi connectivity index (χ1n) is 6.78. The van der Waals surface area contributed by atoms with E-state index in [4.69, 9.17) is 0 Å². The molecule has 1 aromatic rings. The second-order valence-electron chi connectivity index (χ2n) is 5.36. The minimum atomic E-state index is -0.390. The molecule has 1 fully saturated rings. The molecular weight excluding hydrogens is 214 g/mol. The van der Waals surface area contributed by atoms with Crippen LogP contribution >= 0.6 is 0 Å². The molecule has 0 amide bonds. The fourth-order valence-corrected chi connectivity index (χ4v) is 2.89. The van der Waals surface area contributed by atoms with Crippen LogP contribution in [0.2, 0.25) is 0 Å². The predicted molar refractivity (Wildman–Crippen MR) is 66.4 cm³/mol. The maximum absolute atomic E-state index is 10.5. The lowest BCUT2D eigenvalue weighted by Crippen LogP contribution is -2.22. The molecule has 3 atom stereocenters. The molecule has 4 nitrogen and oxygen atoms in total. The SMILES string of the molecule is CCCn1nncc1C(O)C1CCCC(C)C1. The number of hydrogen-bond donors (Lipinski definition) is 1. The number of rotatable bonds is 4. The Hall–Kier alpha value is -0.900. The van der Waals surface area contributed by atoms with Gasteiger partial charge >= 0.3 is 0 Å². The van der Waals surface area contributed by atoms with Gasteiger partial charge in [0.05, 0.1) is 11.9 Å². The number of nitrogens with zero attached hydrogens (tertiary/aromatic N) is 3. The summed E-state index contributed by atoms with van der Waals surface area (Å²) in [5, 5.41) is 18.4. The van der Waals surface area contributed by atoms with E-state index in [0.717, 1.165) is 37.4 Å². The number of aromatic nitrogens is 3. The van der Waals surface area contributed by atoms with Crippen LogP contribution in [0.15, 0.2) is 6.20 Å². The van der Waals surface area contributed by atoms with Crippen LogP contribution < -0.4 is 0 Å². The quantitative estimate of drug-likeness (QED) is 0.875. The van der Waals surface area contributed by atoms with E-state index in [9.17, 15) is 5.11 Å². The summed E-state index contributed by atoms with van der Waals surface area (Å²) in [5.41, 5.74) is 0.894. The molecule has 0 saturated heterocycles. The van der Waals surface area contributed by atoms with Crippen molar-refractivity contribution >= 4 is 0 Å². The minimum Gasteiger partial charge on any atom is -0.386 e. The monoisotopic (exact) mass is 237 g/mol. The summed E-state index contributed by atoms with van der Waals surface area (Å²) in [4.78, 5) is 0. The molecule has 1 aromatic heterocycles. The molecule has 1 heterocycles. The molecule has 0 bridgehead atoms. The molecule has 0 spiro atoms.